The summed E-state index contributed by atoms with van der Waals surface area (Å²) in [5.41, 5.74) is 3.80. The molecule has 0 aliphatic carbocycles. The number of aromatic amines is 1. The van der Waals surface area contributed by atoms with E-state index in [9.17, 15) is 0 Å². The summed E-state index contributed by atoms with van der Waals surface area (Å²) in [4.78, 5) is 3.31. The highest BCUT2D eigenvalue weighted by atomic mass is 35.5. The summed E-state index contributed by atoms with van der Waals surface area (Å²) in [6.07, 6.45) is 3.09. The van der Waals surface area contributed by atoms with Gasteiger partial charge < -0.3 is 15.0 Å². The van der Waals surface area contributed by atoms with Crippen LogP contribution in [0.5, 0.6) is 5.75 Å². The maximum absolute atomic E-state index is 5.30. The number of H-pyrrole nitrogens is 1. The van der Waals surface area contributed by atoms with Crippen LogP contribution < -0.4 is 10.1 Å². The van der Waals surface area contributed by atoms with E-state index in [-0.39, 0.29) is 12.4 Å². The van der Waals surface area contributed by atoms with Crippen molar-refractivity contribution in [3.8, 4) is 5.75 Å². The molecule has 2 N–H and O–H groups in total. The Balaban J connectivity index is 0.00000176. The molecule has 0 fully saturated rings. The molecule has 0 saturated heterocycles. The maximum atomic E-state index is 5.30. The highest BCUT2D eigenvalue weighted by Gasteiger charge is 2.04. The van der Waals surface area contributed by atoms with Crippen LogP contribution in [0.4, 0.5) is 0 Å². The number of nitrogens with one attached hydrogen (secondary N) is 2. The topological polar surface area (TPSA) is 37.0 Å². The lowest BCUT2D eigenvalue weighted by Crippen LogP contribution is -2.16. The number of benzene rings is 2. The molecule has 1 aromatic heterocycles. The van der Waals surface area contributed by atoms with E-state index in [0.29, 0.717) is 0 Å². The second-order valence-electron chi connectivity index (χ2n) is 5.14. The number of aromatic nitrogens is 1. The zero-order valence-corrected chi connectivity index (χ0v) is 13.5. The first-order chi connectivity index (χ1) is 10.4. The number of hydrogen-bond acceptors (Lipinski definition) is 2. The van der Waals surface area contributed by atoms with Crippen LogP contribution in [-0.4, -0.2) is 18.6 Å². The minimum atomic E-state index is 0. The molecule has 0 atom stereocenters. The molecule has 22 heavy (non-hydrogen) atoms. The van der Waals surface area contributed by atoms with E-state index in [2.05, 4.69) is 52.9 Å². The third kappa shape index (κ3) is 3.81. The molecule has 0 amide bonds. The van der Waals surface area contributed by atoms with Crippen LogP contribution in [0.2, 0.25) is 0 Å². The van der Waals surface area contributed by atoms with Gasteiger partial charge in [-0.15, -0.1) is 12.4 Å². The van der Waals surface area contributed by atoms with E-state index in [1.165, 1.54) is 16.5 Å². The summed E-state index contributed by atoms with van der Waals surface area (Å²) in [7, 11) is 1.70. The van der Waals surface area contributed by atoms with Crippen LogP contribution in [0.25, 0.3) is 10.9 Å². The number of methoxy groups -OCH3 is 1. The number of fused-ring (bicyclic) bond motifs is 1. The first-order valence-electron chi connectivity index (χ1n) is 7.25. The first-order valence-corrected chi connectivity index (χ1v) is 7.25. The molecule has 3 aromatic rings. The molecule has 0 saturated carbocycles. The summed E-state index contributed by atoms with van der Waals surface area (Å²) in [6.45, 7) is 1.87. The fourth-order valence-corrected chi connectivity index (χ4v) is 2.54. The molecular weight excluding hydrogens is 296 g/mol. The Morgan fingerprint density at radius 2 is 1.91 bits per heavy atom. The predicted octanol–water partition coefficient (Wildman–Crippen LogP) is 3.93. The second-order valence-corrected chi connectivity index (χ2v) is 5.14. The molecule has 2 aromatic carbocycles. The molecule has 116 valence electrons. The maximum Gasteiger partial charge on any atom is 0.119 e. The van der Waals surface area contributed by atoms with Gasteiger partial charge in [0.1, 0.15) is 5.75 Å². The molecule has 3 nitrogen and oxygen atoms in total. The van der Waals surface area contributed by atoms with Gasteiger partial charge in [-0.05, 0) is 42.3 Å². The monoisotopic (exact) mass is 316 g/mol. The van der Waals surface area contributed by atoms with Crippen LogP contribution in [0.1, 0.15) is 11.1 Å². The van der Waals surface area contributed by atoms with E-state index in [1.807, 2.05) is 12.1 Å². The van der Waals surface area contributed by atoms with Crippen LogP contribution >= 0.6 is 12.4 Å². The van der Waals surface area contributed by atoms with E-state index >= 15 is 0 Å². The van der Waals surface area contributed by atoms with Gasteiger partial charge in [-0.2, -0.15) is 0 Å². The van der Waals surface area contributed by atoms with E-state index in [0.717, 1.165) is 30.8 Å². The highest BCUT2D eigenvalue weighted by molar-refractivity contribution is 5.85. The Morgan fingerprint density at radius 1 is 1.09 bits per heavy atom. The Hall–Kier alpha value is -1.97. The largest absolute Gasteiger partial charge is 0.497 e. The van der Waals surface area contributed by atoms with Gasteiger partial charge in [0, 0.05) is 23.6 Å². The van der Waals surface area contributed by atoms with Crippen molar-refractivity contribution in [3.63, 3.8) is 0 Å². The van der Waals surface area contributed by atoms with Gasteiger partial charge in [-0.3, -0.25) is 0 Å². The molecule has 0 spiro atoms. The second kappa shape index (κ2) is 7.87. The minimum Gasteiger partial charge on any atom is -0.497 e. The lowest BCUT2D eigenvalue weighted by Gasteiger charge is -2.05. The van der Waals surface area contributed by atoms with Crippen molar-refractivity contribution >= 4 is 23.3 Å². The van der Waals surface area contributed by atoms with Gasteiger partial charge >= 0.3 is 0 Å². The van der Waals surface area contributed by atoms with E-state index in [1.54, 1.807) is 7.11 Å². The van der Waals surface area contributed by atoms with Crippen molar-refractivity contribution in [2.45, 2.75) is 13.0 Å². The van der Waals surface area contributed by atoms with Gasteiger partial charge in [0.2, 0.25) is 0 Å². The summed E-state index contributed by atoms with van der Waals surface area (Å²) >= 11 is 0. The molecule has 0 unspecified atom stereocenters. The zero-order valence-electron chi connectivity index (χ0n) is 12.6. The van der Waals surface area contributed by atoms with Gasteiger partial charge in [0.15, 0.2) is 0 Å². The molecular formula is C18H21ClN2O. The van der Waals surface area contributed by atoms with Crippen molar-refractivity contribution in [1.29, 1.82) is 0 Å². The normalized spacial score (nSPS) is 10.4. The SMILES string of the molecule is COc1ccc2[nH]cc(CCNCc3ccccc3)c2c1.Cl. The quantitative estimate of drug-likeness (QED) is 0.676. The summed E-state index contributed by atoms with van der Waals surface area (Å²) in [6, 6.07) is 16.6. The van der Waals surface area contributed by atoms with Gasteiger partial charge in [-0.1, -0.05) is 30.3 Å². The van der Waals surface area contributed by atoms with Crippen molar-refractivity contribution < 1.29 is 4.74 Å². The third-order valence-electron chi connectivity index (χ3n) is 3.72. The molecule has 0 bridgehead atoms. The smallest absolute Gasteiger partial charge is 0.119 e. The number of hydrogen-bond donors (Lipinski definition) is 2. The third-order valence-corrected chi connectivity index (χ3v) is 3.72. The number of ether oxygens (including phenoxy) is 1. The molecule has 0 radical (unpaired) electrons. The van der Waals surface area contributed by atoms with Crippen LogP contribution in [0.3, 0.4) is 0 Å². The van der Waals surface area contributed by atoms with Crippen LogP contribution in [-0.2, 0) is 13.0 Å². The van der Waals surface area contributed by atoms with Crippen molar-refractivity contribution in [2.24, 2.45) is 0 Å². The Morgan fingerprint density at radius 3 is 2.68 bits per heavy atom. The number of halogens is 1. The van der Waals surface area contributed by atoms with E-state index in [4.69, 9.17) is 4.74 Å². The zero-order chi connectivity index (χ0) is 14.5. The fourth-order valence-electron chi connectivity index (χ4n) is 2.54. The summed E-state index contributed by atoms with van der Waals surface area (Å²) in [5.74, 6) is 0.903. The Labute approximate surface area is 137 Å². The van der Waals surface area contributed by atoms with Gasteiger partial charge in [0.25, 0.3) is 0 Å². The average Bonchev–Trinajstić information content (AvgIpc) is 2.95. The molecule has 0 aliphatic heterocycles. The van der Waals surface area contributed by atoms with E-state index < -0.39 is 0 Å². The Bertz CT molecular complexity index is 709. The van der Waals surface area contributed by atoms with Crippen LogP contribution in [0, 0.1) is 0 Å². The van der Waals surface area contributed by atoms with Crippen molar-refractivity contribution in [1.82, 2.24) is 10.3 Å². The van der Waals surface area contributed by atoms with Gasteiger partial charge in [-0.25, -0.2) is 0 Å². The fraction of sp³-hybridized carbons (Fsp3) is 0.222. The average molecular weight is 317 g/mol. The molecule has 4 heteroatoms. The first kappa shape index (κ1) is 16.4. The van der Waals surface area contributed by atoms with Crippen LogP contribution in [0.15, 0.2) is 54.7 Å². The summed E-state index contributed by atoms with van der Waals surface area (Å²) < 4.78 is 5.30. The highest BCUT2D eigenvalue weighted by Crippen LogP contribution is 2.23. The minimum absolute atomic E-state index is 0. The van der Waals surface area contributed by atoms with Crippen molar-refractivity contribution in [3.05, 3.63) is 65.9 Å². The summed E-state index contributed by atoms with van der Waals surface area (Å²) in [5, 5.41) is 4.73. The molecule has 1 heterocycles. The molecule has 0 aliphatic rings. The predicted molar refractivity (Wildman–Crippen MR) is 94.0 cm³/mol. The Kier molecular flexibility index (Phi) is 5.87. The number of rotatable bonds is 6. The standard InChI is InChI=1S/C18H20N2O.ClH/c1-21-16-7-8-18-17(11-16)15(13-20-18)9-10-19-12-14-5-3-2-4-6-14;/h2-8,11,13,19-20H,9-10,12H2,1H3;1H. The van der Waals surface area contributed by atoms with Gasteiger partial charge in [0.05, 0.1) is 7.11 Å². The lowest BCUT2D eigenvalue weighted by atomic mass is 10.1. The molecule has 3 rings (SSSR count). The van der Waals surface area contributed by atoms with Crippen molar-refractivity contribution in [2.75, 3.05) is 13.7 Å². The lowest BCUT2D eigenvalue weighted by molar-refractivity contribution is 0.415.